The predicted molar refractivity (Wildman–Crippen MR) is 104 cm³/mol. The summed E-state index contributed by atoms with van der Waals surface area (Å²) in [5.41, 5.74) is 5.31. The quantitative estimate of drug-likeness (QED) is 0.456. The molecule has 0 atom stereocenters. The topological polar surface area (TPSA) is 30.7 Å². The third-order valence-electron chi connectivity index (χ3n) is 4.23. The Morgan fingerprint density at radius 1 is 0.962 bits per heavy atom. The van der Waals surface area contributed by atoms with Crippen LogP contribution in [0.1, 0.15) is 16.7 Å². The molecule has 0 radical (unpaired) electrons. The molecule has 3 nitrogen and oxygen atoms in total. The Balaban J connectivity index is 1.64. The van der Waals surface area contributed by atoms with Gasteiger partial charge in [0, 0.05) is 11.9 Å². The van der Waals surface area contributed by atoms with Crippen molar-refractivity contribution in [2.75, 3.05) is 0 Å². The highest BCUT2D eigenvalue weighted by molar-refractivity contribution is 7.98. The van der Waals surface area contributed by atoms with Gasteiger partial charge in [-0.05, 0) is 42.3 Å². The Morgan fingerprint density at radius 3 is 2.46 bits per heavy atom. The molecular weight excluding hydrogens is 345 g/mol. The highest BCUT2D eigenvalue weighted by Gasteiger charge is 2.12. The third-order valence-corrected chi connectivity index (χ3v) is 5.28. The second-order valence-electron chi connectivity index (χ2n) is 6.23. The molecule has 4 rings (SSSR count). The van der Waals surface area contributed by atoms with Crippen molar-refractivity contribution in [1.29, 1.82) is 0 Å². The van der Waals surface area contributed by atoms with Crippen molar-refractivity contribution in [1.82, 2.24) is 14.5 Å². The fraction of sp³-hybridized carbons (Fsp3) is 0.143. The molecule has 2 aromatic heterocycles. The minimum absolute atomic E-state index is 0.213. The summed E-state index contributed by atoms with van der Waals surface area (Å²) < 4.78 is 15.3. The van der Waals surface area contributed by atoms with Crippen molar-refractivity contribution in [3.8, 4) is 0 Å². The van der Waals surface area contributed by atoms with Gasteiger partial charge in [-0.2, -0.15) is 0 Å². The standard InChI is InChI=1S/C21H18FN3S/c1-15-4-6-16(7-5-15)13-25-19-3-2-12-23-20(19)24-21(25)26-14-17-8-10-18(22)11-9-17/h2-12H,13-14H2,1H3. The van der Waals surface area contributed by atoms with Crippen LogP contribution in [0.2, 0.25) is 0 Å². The first-order valence-corrected chi connectivity index (χ1v) is 9.42. The van der Waals surface area contributed by atoms with E-state index in [1.54, 1.807) is 18.0 Å². The van der Waals surface area contributed by atoms with Crippen molar-refractivity contribution in [2.45, 2.75) is 24.4 Å². The van der Waals surface area contributed by atoms with Crippen molar-refractivity contribution >= 4 is 22.9 Å². The zero-order valence-corrected chi connectivity index (χ0v) is 15.2. The van der Waals surface area contributed by atoms with Gasteiger partial charge in [0.25, 0.3) is 0 Å². The molecule has 0 aliphatic rings. The average Bonchev–Trinajstić information content (AvgIpc) is 3.01. The van der Waals surface area contributed by atoms with Gasteiger partial charge in [0.05, 0.1) is 12.1 Å². The number of hydrogen-bond acceptors (Lipinski definition) is 3. The van der Waals surface area contributed by atoms with Crippen LogP contribution in [0.25, 0.3) is 11.2 Å². The number of benzene rings is 2. The van der Waals surface area contributed by atoms with Gasteiger partial charge in [0.2, 0.25) is 0 Å². The molecule has 0 aliphatic heterocycles. The first-order chi connectivity index (χ1) is 12.7. The number of thioether (sulfide) groups is 1. The van der Waals surface area contributed by atoms with Crippen molar-refractivity contribution < 1.29 is 4.39 Å². The summed E-state index contributed by atoms with van der Waals surface area (Å²) in [7, 11) is 0. The summed E-state index contributed by atoms with van der Waals surface area (Å²) in [6, 6.07) is 19.1. The molecule has 0 saturated heterocycles. The fourth-order valence-electron chi connectivity index (χ4n) is 2.81. The summed E-state index contributed by atoms with van der Waals surface area (Å²) in [6.07, 6.45) is 1.76. The van der Waals surface area contributed by atoms with E-state index < -0.39 is 0 Å². The van der Waals surface area contributed by atoms with Crippen LogP contribution in [0, 0.1) is 12.7 Å². The van der Waals surface area contributed by atoms with Crippen LogP contribution in [0.4, 0.5) is 4.39 Å². The second-order valence-corrected chi connectivity index (χ2v) is 7.17. The summed E-state index contributed by atoms with van der Waals surface area (Å²) >= 11 is 1.64. The van der Waals surface area contributed by atoms with E-state index in [4.69, 9.17) is 4.98 Å². The Kier molecular flexibility index (Phi) is 4.71. The SMILES string of the molecule is Cc1ccc(Cn2c(SCc3ccc(F)cc3)nc3ncccc32)cc1. The van der Waals surface area contributed by atoms with E-state index in [1.165, 1.54) is 23.3 Å². The number of pyridine rings is 1. The van der Waals surface area contributed by atoms with Crippen LogP contribution in [0.5, 0.6) is 0 Å². The molecule has 2 aromatic carbocycles. The summed E-state index contributed by atoms with van der Waals surface area (Å²) in [4.78, 5) is 9.09. The molecule has 0 saturated carbocycles. The molecule has 0 bridgehead atoms. The van der Waals surface area contributed by atoms with E-state index in [2.05, 4.69) is 40.7 Å². The highest BCUT2D eigenvalue weighted by Crippen LogP contribution is 2.27. The summed E-state index contributed by atoms with van der Waals surface area (Å²) in [5.74, 6) is 0.520. The zero-order valence-electron chi connectivity index (χ0n) is 14.4. The van der Waals surface area contributed by atoms with Gasteiger partial charge < -0.3 is 4.57 Å². The number of aryl methyl sites for hydroxylation is 1. The Morgan fingerprint density at radius 2 is 1.69 bits per heavy atom. The Hall–Kier alpha value is -2.66. The first-order valence-electron chi connectivity index (χ1n) is 8.43. The average molecular weight is 363 g/mol. The number of fused-ring (bicyclic) bond motifs is 1. The number of imidazole rings is 1. The molecule has 0 aliphatic carbocycles. The van der Waals surface area contributed by atoms with Gasteiger partial charge in [-0.3, -0.25) is 0 Å². The molecule has 0 spiro atoms. The lowest BCUT2D eigenvalue weighted by molar-refractivity contribution is 0.627. The van der Waals surface area contributed by atoms with Gasteiger partial charge in [0.1, 0.15) is 5.82 Å². The van der Waals surface area contributed by atoms with Crippen LogP contribution < -0.4 is 0 Å². The maximum atomic E-state index is 13.1. The van der Waals surface area contributed by atoms with Gasteiger partial charge in [-0.25, -0.2) is 14.4 Å². The van der Waals surface area contributed by atoms with E-state index in [0.717, 1.165) is 34.2 Å². The van der Waals surface area contributed by atoms with Crippen LogP contribution in [0.15, 0.2) is 72.0 Å². The number of nitrogens with zero attached hydrogens (tertiary/aromatic N) is 3. The van der Waals surface area contributed by atoms with E-state index in [0.29, 0.717) is 0 Å². The first kappa shape index (κ1) is 16.8. The lowest BCUT2D eigenvalue weighted by atomic mass is 10.1. The van der Waals surface area contributed by atoms with Crippen LogP contribution in [0.3, 0.4) is 0 Å². The maximum absolute atomic E-state index is 13.1. The minimum atomic E-state index is -0.213. The van der Waals surface area contributed by atoms with E-state index in [1.807, 2.05) is 24.3 Å². The molecule has 26 heavy (non-hydrogen) atoms. The monoisotopic (exact) mass is 363 g/mol. The smallest absolute Gasteiger partial charge is 0.178 e. The normalized spacial score (nSPS) is 11.2. The van der Waals surface area contributed by atoms with Gasteiger partial charge >= 0.3 is 0 Å². The van der Waals surface area contributed by atoms with Crippen molar-refractivity contribution in [3.05, 3.63) is 89.4 Å². The van der Waals surface area contributed by atoms with Crippen molar-refractivity contribution in [2.24, 2.45) is 0 Å². The lowest BCUT2D eigenvalue weighted by Crippen LogP contribution is -2.01. The number of rotatable bonds is 5. The van der Waals surface area contributed by atoms with Gasteiger partial charge in [0.15, 0.2) is 10.8 Å². The van der Waals surface area contributed by atoms with Crippen LogP contribution in [-0.2, 0) is 12.3 Å². The molecule has 0 fully saturated rings. The highest BCUT2D eigenvalue weighted by atomic mass is 32.2. The largest absolute Gasteiger partial charge is 0.313 e. The van der Waals surface area contributed by atoms with Crippen LogP contribution >= 0.6 is 11.8 Å². The van der Waals surface area contributed by atoms with Crippen molar-refractivity contribution in [3.63, 3.8) is 0 Å². The molecule has 5 heteroatoms. The maximum Gasteiger partial charge on any atom is 0.178 e. The molecule has 4 aromatic rings. The molecule has 130 valence electrons. The Bertz CT molecular complexity index is 1020. The minimum Gasteiger partial charge on any atom is -0.313 e. The fourth-order valence-corrected chi connectivity index (χ4v) is 3.76. The second kappa shape index (κ2) is 7.30. The molecule has 0 amide bonds. The molecular formula is C21H18FN3S. The van der Waals surface area contributed by atoms with E-state index in [-0.39, 0.29) is 5.82 Å². The molecule has 0 N–H and O–H groups in total. The predicted octanol–water partition coefficient (Wildman–Crippen LogP) is 5.22. The number of halogens is 1. The zero-order chi connectivity index (χ0) is 17.9. The van der Waals surface area contributed by atoms with Gasteiger partial charge in [-0.1, -0.05) is 53.7 Å². The third kappa shape index (κ3) is 3.63. The number of hydrogen-bond donors (Lipinski definition) is 0. The molecule has 2 heterocycles. The number of aromatic nitrogens is 3. The van der Waals surface area contributed by atoms with E-state index >= 15 is 0 Å². The van der Waals surface area contributed by atoms with Crippen LogP contribution in [-0.4, -0.2) is 14.5 Å². The molecule has 0 unspecified atom stereocenters. The summed E-state index contributed by atoms with van der Waals surface area (Å²) in [5, 5.41) is 0.920. The van der Waals surface area contributed by atoms with Gasteiger partial charge in [-0.15, -0.1) is 0 Å². The Labute approximate surface area is 155 Å². The van der Waals surface area contributed by atoms with E-state index in [9.17, 15) is 4.39 Å². The lowest BCUT2D eigenvalue weighted by Gasteiger charge is -2.09. The summed E-state index contributed by atoms with van der Waals surface area (Å²) in [6.45, 7) is 2.83.